The van der Waals surface area contributed by atoms with E-state index in [1.54, 1.807) is 31.2 Å². The van der Waals surface area contributed by atoms with Crippen molar-refractivity contribution in [1.82, 2.24) is 0 Å². The first kappa shape index (κ1) is 30.7. The van der Waals surface area contributed by atoms with E-state index in [1.807, 2.05) is 38.1 Å². The van der Waals surface area contributed by atoms with Crippen LogP contribution in [0.1, 0.15) is 73.3 Å². The number of benzene rings is 4. The lowest BCUT2D eigenvalue weighted by Crippen LogP contribution is -2.22. The van der Waals surface area contributed by atoms with E-state index in [2.05, 4.69) is 0 Å². The molecule has 0 saturated carbocycles. The van der Waals surface area contributed by atoms with Gasteiger partial charge in [0.05, 0.1) is 22.3 Å². The second kappa shape index (κ2) is 14.6. The molecule has 8 nitrogen and oxygen atoms in total. The van der Waals surface area contributed by atoms with Crippen molar-refractivity contribution < 1.29 is 38.1 Å². The lowest BCUT2D eigenvalue weighted by atomic mass is 10.1. The van der Waals surface area contributed by atoms with Crippen molar-refractivity contribution in [2.45, 2.75) is 39.7 Å². The van der Waals surface area contributed by atoms with Crippen molar-refractivity contribution in [2.75, 3.05) is 6.61 Å². The van der Waals surface area contributed by atoms with Crippen LogP contribution in [0.15, 0.2) is 97.1 Å². The summed E-state index contributed by atoms with van der Waals surface area (Å²) >= 11 is 0. The van der Waals surface area contributed by atoms with E-state index in [9.17, 15) is 19.2 Å². The minimum Gasteiger partial charge on any atom is -0.458 e. The molecule has 8 heteroatoms. The molecule has 0 bridgehead atoms. The van der Waals surface area contributed by atoms with Gasteiger partial charge in [0, 0.05) is 0 Å². The van der Waals surface area contributed by atoms with Gasteiger partial charge in [-0.15, -0.1) is 0 Å². The van der Waals surface area contributed by atoms with Crippen LogP contribution in [-0.4, -0.2) is 36.6 Å². The molecule has 0 radical (unpaired) electrons. The van der Waals surface area contributed by atoms with Gasteiger partial charge < -0.3 is 18.9 Å². The summed E-state index contributed by atoms with van der Waals surface area (Å²) in [5, 5.41) is 0. The van der Waals surface area contributed by atoms with Gasteiger partial charge >= 0.3 is 23.9 Å². The maximum absolute atomic E-state index is 12.5. The standard InChI is InChI=1S/C35H32O8/c1-4-24-6-10-27(11-7-24)34(38)42-30-18-14-26(15-19-30)32(36)40-22-23(3)41-33(37)29-16-20-31(21-17-29)43-35(39)28-12-8-25(5-2)9-13-28/h6-21,23H,4-5,22H2,1-3H3. The Hall–Kier alpha value is -5.24. The molecule has 0 heterocycles. The van der Waals surface area contributed by atoms with Crippen molar-refractivity contribution in [3.05, 3.63) is 130 Å². The average molecular weight is 581 g/mol. The van der Waals surface area contributed by atoms with E-state index >= 15 is 0 Å². The van der Waals surface area contributed by atoms with Crippen LogP contribution in [0.25, 0.3) is 0 Å². The van der Waals surface area contributed by atoms with E-state index in [-0.39, 0.29) is 29.2 Å². The molecule has 220 valence electrons. The monoisotopic (exact) mass is 580 g/mol. The molecule has 0 saturated heterocycles. The zero-order valence-electron chi connectivity index (χ0n) is 24.2. The Morgan fingerprint density at radius 2 is 0.860 bits per heavy atom. The zero-order chi connectivity index (χ0) is 30.8. The molecule has 0 amide bonds. The molecule has 1 unspecified atom stereocenters. The first-order valence-corrected chi connectivity index (χ1v) is 14.0. The topological polar surface area (TPSA) is 105 Å². The fourth-order valence-corrected chi connectivity index (χ4v) is 3.96. The third-order valence-electron chi connectivity index (χ3n) is 6.55. The van der Waals surface area contributed by atoms with Crippen LogP contribution in [0.4, 0.5) is 0 Å². The number of rotatable bonds is 11. The third kappa shape index (κ3) is 8.63. The van der Waals surface area contributed by atoms with Crippen molar-refractivity contribution in [2.24, 2.45) is 0 Å². The van der Waals surface area contributed by atoms with Crippen LogP contribution in [0.3, 0.4) is 0 Å². The van der Waals surface area contributed by atoms with Crippen molar-refractivity contribution >= 4 is 23.9 Å². The first-order chi connectivity index (χ1) is 20.7. The summed E-state index contributed by atoms with van der Waals surface area (Å²) in [5.74, 6) is -1.66. The minimum absolute atomic E-state index is 0.165. The Kier molecular flexibility index (Phi) is 10.4. The number of carbonyl (C=O) groups excluding carboxylic acids is 4. The largest absolute Gasteiger partial charge is 0.458 e. The summed E-state index contributed by atoms with van der Waals surface area (Å²) in [6, 6.07) is 26.3. The van der Waals surface area contributed by atoms with E-state index in [0.717, 1.165) is 24.0 Å². The molecule has 43 heavy (non-hydrogen) atoms. The average Bonchev–Trinajstić information content (AvgIpc) is 3.04. The summed E-state index contributed by atoms with van der Waals surface area (Å²) in [4.78, 5) is 49.7. The quantitative estimate of drug-likeness (QED) is 0.143. The molecule has 0 aliphatic heterocycles. The number of carbonyl (C=O) groups is 4. The Morgan fingerprint density at radius 1 is 0.512 bits per heavy atom. The van der Waals surface area contributed by atoms with Gasteiger partial charge in [-0.2, -0.15) is 0 Å². The lowest BCUT2D eigenvalue weighted by Gasteiger charge is -2.14. The molecule has 0 N–H and O–H groups in total. The fraction of sp³-hybridized carbons (Fsp3) is 0.200. The number of esters is 4. The summed E-state index contributed by atoms with van der Waals surface area (Å²) in [6.45, 7) is 5.50. The van der Waals surface area contributed by atoms with Crippen LogP contribution in [0, 0.1) is 0 Å². The summed E-state index contributed by atoms with van der Waals surface area (Å²) < 4.78 is 21.4. The van der Waals surface area contributed by atoms with Gasteiger partial charge in [-0.05, 0) is 104 Å². The van der Waals surface area contributed by atoms with Gasteiger partial charge in [0.25, 0.3) is 0 Å². The highest BCUT2D eigenvalue weighted by molar-refractivity contribution is 5.93. The Balaban J connectivity index is 1.22. The van der Waals surface area contributed by atoms with Crippen LogP contribution in [0.2, 0.25) is 0 Å². The molecule has 0 aliphatic rings. The van der Waals surface area contributed by atoms with Gasteiger partial charge in [0.1, 0.15) is 24.2 Å². The Bertz CT molecular complexity index is 1550. The molecular weight excluding hydrogens is 548 g/mol. The predicted molar refractivity (Wildman–Crippen MR) is 160 cm³/mol. The van der Waals surface area contributed by atoms with Gasteiger partial charge in [-0.25, -0.2) is 19.2 Å². The van der Waals surface area contributed by atoms with Gasteiger partial charge in [-0.3, -0.25) is 0 Å². The molecule has 4 aromatic rings. The number of aryl methyl sites for hydroxylation is 2. The van der Waals surface area contributed by atoms with Crippen LogP contribution < -0.4 is 9.47 Å². The van der Waals surface area contributed by atoms with Crippen molar-refractivity contribution in [3.8, 4) is 11.5 Å². The van der Waals surface area contributed by atoms with Gasteiger partial charge in [-0.1, -0.05) is 38.1 Å². The smallest absolute Gasteiger partial charge is 0.343 e. The molecule has 0 fully saturated rings. The van der Waals surface area contributed by atoms with Gasteiger partial charge in [0.15, 0.2) is 0 Å². The summed E-state index contributed by atoms with van der Waals surface area (Å²) in [6.07, 6.45) is 1.02. The normalized spacial score (nSPS) is 11.2. The second-order valence-corrected chi connectivity index (χ2v) is 9.74. The highest BCUT2D eigenvalue weighted by Gasteiger charge is 2.17. The van der Waals surface area contributed by atoms with E-state index in [1.165, 1.54) is 48.5 Å². The van der Waals surface area contributed by atoms with E-state index in [4.69, 9.17) is 18.9 Å². The number of ether oxygens (including phenoxy) is 4. The summed E-state index contributed by atoms with van der Waals surface area (Å²) in [7, 11) is 0. The second-order valence-electron chi connectivity index (χ2n) is 9.74. The van der Waals surface area contributed by atoms with Crippen LogP contribution in [-0.2, 0) is 22.3 Å². The summed E-state index contributed by atoms with van der Waals surface area (Å²) in [5.41, 5.74) is 3.58. The van der Waals surface area contributed by atoms with E-state index < -0.39 is 30.0 Å². The van der Waals surface area contributed by atoms with Crippen LogP contribution >= 0.6 is 0 Å². The maximum Gasteiger partial charge on any atom is 0.343 e. The molecule has 0 aliphatic carbocycles. The van der Waals surface area contributed by atoms with Crippen molar-refractivity contribution in [3.63, 3.8) is 0 Å². The van der Waals surface area contributed by atoms with Gasteiger partial charge in [0.2, 0.25) is 0 Å². The molecule has 4 aromatic carbocycles. The fourth-order valence-electron chi connectivity index (χ4n) is 3.96. The highest BCUT2D eigenvalue weighted by Crippen LogP contribution is 2.18. The zero-order valence-corrected chi connectivity index (χ0v) is 24.2. The predicted octanol–water partition coefficient (Wildman–Crippen LogP) is 6.65. The lowest BCUT2D eigenvalue weighted by molar-refractivity contribution is 0.00447. The molecular formula is C35H32O8. The SMILES string of the molecule is CCc1ccc(C(=O)Oc2ccc(C(=O)OCC(C)OC(=O)c3ccc(OC(=O)c4ccc(CC)cc4)cc3)cc2)cc1. The number of hydrogen-bond acceptors (Lipinski definition) is 8. The third-order valence-corrected chi connectivity index (χ3v) is 6.55. The molecule has 0 spiro atoms. The van der Waals surface area contributed by atoms with Crippen molar-refractivity contribution in [1.29, 1.82) is 0 Å². The minimum atomic E-state index is -0.723. The Labute approximate surface area is 250 Å². The molecule has 1 atom stereocenters. The maximum atomic E-state index is 12.5. The first-order valence-electron chi connectivity index (χ1n) is 14.0. The van der Waals surface area contributed by atoms with Crippen LogP contribution in [0.5, 0.6) is 11.5 Å². The molecule has 4 rings (SSSR count). The highest BCUT2D eigenvalue weighted by atomic mass is 16.6. The Morgan fingerprint density at radius 3 is 1.26 bits per heavy atom. The van der Waals surface area contributed by atoms with E-state index in [0.29, 0.717) is 11.1 Å². The molecule has 0 aromatic heterocycles. The number of hydrogen-bond donors (Lipinski definition) is 0.